The van der Waals surface area contributed by atoms with Gasteiger partial charge in [0.1, 0.15) is 6.10 Å². The third-order valence-corrected chi connectivity index (χ3v) is 3.22. The quantitative estimate of drug-likeness (QED) is 0.887. The predicted molar refractivity (Wildman–Crippen MR) is 64.5 cm³/mol. The average molecular weight is 234 g/mol. The number of aromatic nitrogens is 2. The third-order valence-electron chi connectivity index (χ3n) is 2.51. The molecule has 2 heterocycles. The molecule has 0 saturated heterocycles. The van der Waals surface area contributed by atoms with E-state index in [4.69, 9.17) is 0 Å². The summed E-state index contributed by atoms with van der Waals surface area (Å²) in [6.45, 7) is 3.90. The summed E-state index contributed by atoms with van der Waals surface area (Å²) in [5.41, 5.74) is 3.49. The second-order valence-electron chi connectivity index (χ2n) is 3.70. The minimum Gasteiger partial charge on any atom is -0.384 e. The van der Waals surface area contributed by atoms with Crippen molar-refractivity contribution in [2.24, 2.45) is 0 Å². The van der Waals surface area contributed by atoms with Crippen LogP contribution in [0, 0.1) is 6.92 Å². The molecule has 2 aromatic heterocycles. The van der Waals surface area contributed by atoms with Crippen molar-refractivity contribution in [2.45, 2.75) is 26.4 Å². The van der Waals surface area contributed by atoms with E-state index >= 15 is 0 Å². The van der Waals surface area contributed by atoms with Crippen molar-refractivity contribution in [1.82, 2.24) is 10.2 Å². The smallest absolute Gasteiger partial charge is 0.107 e. The van der Waals surface area contributed by atoms with Crippen LogP contribution >= 0.6 is 11.3 Å². The summed E-state index contributed by atoms with van der Waals surface area (Å²) in [6.07, 6.45) is 0.194. The standard InChI is InChI=1S/C12H14N2OS/c1-3-11-10(6-8(2)13-14-11)12(15)9-4-5-16-7-9/h4-7,12,15H,3H2,1-2H3. The van der Waals surface area contributed by atoms with Gasteiger partial charge >= 0.3 is 0 Å². The van der Waals surface area contributed by atoms with Crippen LogP contribution < -0.4 is 0 Å². The lowest BCUT2D eigenvalue weighted by atomic mass is 10.0. The van der Waals surface area contributed by atoms with Crippen LogP contribution in [-0.2, 0) is 6.42 Å². The van der Waals surface area contributed by atoms with Crippen LogP contribution in [0.15, 0.2) is 22.9 Å². The molecular formula is C12H14N2OS. The molecule has 0 spiro atoms. The van der Waals surface area contributed by atoms with Crippen LogP contribution in [0.1, 0.15) is 35.5 Å². The monoisotopic (exact) mass is 234 g/mol. The fraction of sp³-hybridized carbons (Fsp3) is 0.333. The lowest BCUT2D eigenvalue weighted by molar-refractivity contribution is 0.218. The molecule has 84 valence electrons. The highest BCUT2D eigenvalue weighted by Gasteiger charge is 2.15. The molecule has 1 atom stereocenters. The van der Waals surface area contributed by atoms with Crippen molar-refractivity contribution in [3.63, 3.8) is 0 Å². The average Bonchev–Trinajstić information content (AvgIpc) is 2.81. The summed E-state index contributed by atoms with van der Waals surface area (Å²) in [5.74, 6) is 0. The highest BCUT2D eigenvalue weighted by molar-refractivity contribution is 7.07. The van der Waals surface area contributed by atoms with Gasteiger partial charge in [0.2, 0.25) is 0 Å². The van der Waals surface area contributed by atoms with Crippen LogP contribution in [0.4, 0.5) is 0 Å². The first-order valence-electron chi connectivity index (χ1n) is 5.25. The van der Waals surface area contributed by atoms with Gasteiger partial charge in [-0.3, -0.25) is 0 Å². The molecule has 0 aromatic carbocycles. The molecule has 2 rings (SSSR count). The Kier molecular flexibility index (Phi) is 3.31. The maximum Gasteiger partial charge on any atom is 0.107 e. The van der Waals surface area contributed by atoms with E-state index in [1.54, 1.807) is 11.3 Å². The van der Waals surface area contributed by atoms with E-state index in [0.29, 0.717) is 0 Å². The molecule has 0 saturated carbocycles. The Morgan fingerprint density at radius 1 is 1.44 bits per heavy atom. The number of thiophene rings is 1. The van der Waals surface area contributed by atoms with Gasteiger partial charge in [-0.25, -0.2) is 0 Å². The first-order valence-corrected chi connectivity index (χ1v) is 6.20. The molecule has 0 amide bonds. The Bertz CT molecular complexity index is 468. The summed E-state index contributed by atoms with van der Waals surface area (Å²) in [6, 6.07) is 3.85. The first-order chi connectivity index (χ1) is 7.72. The molecule has 3 nitrogen and oxygen atoms in total. The van der Waals surface area contributed by atoms with Crippen molar-refractivity contribution in [3.05, 3.63) is 45.4 Å². The second-order valence-corrected chi connectivity index (χ2v) is 4.48. The summed E-state index contributed by atoms with van der Waals surface area (Å²) in [5, 5.41) is 22.3. The molecule has 0 bridgehead atoms. The van der Waals surface area contributed by atoms with E-state index < -0.39 is 6.10 Å². The van der Waals surface area contributed by atoms with Crippen LogP contribution in [-0.4, -0.2) is 15.3 Å². The highest BCUT2D eigenvalue weighted by atomic mass is 32.1. The fourth-order valence-corrected chi connectivity index (χ4v) is 2.33. The molecule has 1 unspecified atom stereocenters. The van der Waals surface area contributed by atoms with Gasteiger partial charge in [0.25, 0.3) is 0 Å². The molecule has 0 aliphatic heterocycles. The maximum absolute atomic E-state index is 10.3. The van der Waals surface area contributed by atoms with Crippen molar-refractivity contribution in [1.29, 1.82) is 0 Å². The molecule has 4 heteroatoms. The Morgan fingerprint density at radius 2 is 2.25 bits per heavy atom. The van der Waals surface area contributed by atoms with Crippen LogP contribution in [0.25, 0.3) is 0 Å². The Morgan fingerprint density at radius 3 is 2.88 bits per heavy atom. The normalized spacial score (nSPS) is 12.7. The largest absolute Gasteiger partial charge is 0.384 e. The summed E-state index contributed by atoms with van der Waals surface area (Å²) >= 11 is 1.58. The molecule has 0 radical (unpaired) electrons. The van der Waals surface area contributed by atoms with E-state index in [1.807, 2.05) is 36.7 Å². The Labute approximate surface area is 98.8 Å². The number of hydrogen-bond donors (Lipinski definition) is 1. The van der Waals surface area contributed by atoms with Gasteiger partial charge in [-0.15, -0.1) is 0 Å². The molecular weight excluding hydrogens is 220 g/mol. The lowest BCUT2D eigenvalue weighted by Crippen LogP contribution is -2.06. The van der Waals surface area contributed by atoms with Gasteiger partial charge in [-0.05, 0) is 41.8 Å². The number of hydrogen-bond acceptors (Lipinski definition) is 4. The first kappa shape index (κ1) is 11.2. The van der Waals surface area contributed by atoms with Crippen molar-refractivity contribution >= 4 is 11.3 Å². The van der Waals surface area contributed by atoms with Crippen molar-refractivity contribution in [2.75, 3.05) is 0 Å². The second kappa shape index (κ2) is 4.72. The van der Waals surface area contributed by atoms with E-state index in [0.717, 1.165) is 28.9 Å². The molecule has 0 aliphatic carbocycles. The number of aliphatic hydroxyl groups excluding tert-OH is 1. The van der Waals surface area contributed by atoms with Gasteiger partial charge in [0, 0.05) is 5.56 Å². The lowest BCUT2D eigenvalue weighted by Gasteiger charge is -2.13. The Balaban J connectivity index is 2.42. The molecule has 2 aromatic rings. The number of nitrogens with zero attached hydrogens (tertiary/aromatic N) is 2. The van der Waals surface area contributed by atoms with Gasteiger partial charge in [0.15, 0.2) is 0 Å². The third kappa shape index (κ3) is 2.13. The highest BCUT2D eigenvalue weighted by Crippen LogP contribution is 2.26. The minimum absolute atomic E-state index is 0.588. The number of rotatable bonds is 3. The van der Waals surface area contributed by atoms with E-state index in [2.05, 4.69) is 10.2 Å². The SMILES string of the molecule is CCc1nnc(C)cc1C(O)c1ccsc1. The van der Waals surface area contributed by atoms with Crippen LogP contribution in [0.5, 0.6) is 0 Å². The van der Waals surface area contributed by atoms with Crippen molar-refractivity contribution in [3.8, 4) is 0 Å². The number of aliphatic hydroxyl groups is 1. The van der Waals surface area contributed by atoms with E-state index in [-0.39, 0.29) is 0 Å². The summed E-state index contributed by atoms with van der Waals surface area (Å²) < 4.78 is 0. The molecule has 0 aliphatic rings. The van der Waals surface area contributed by atoms with Crippen molar-refractivity contribution < 1.29 is 5.11 Å². The van der Waals surface area contributed by atoms with Gasteiger partial charge in [0.05, 0.1) is 11.4 Å². The van der Waals surface area contributed by atoms with Gasteiger partial charge in [-0.2, -0.15) is 21.5 Å². The predicted octanol–water partition coefficient (Wildman–Crippen LogP) is 2.49. The van der Waals surface area contributed by atoms with Gasteiger partial charge in [-0.1, -0.05) is 6.92 Å². The van der Waals surface area contributed by atoms with Gasteiger partial charge < -0.3 is 5.11 Å². The fourth-order valence-electron chi connectivity index (χ4n) is 1.66. The molecule has 0 fully saturated rings. The van der Waals surface area contributed by atoms with Crippen LogP contribution in [0.3, 0.4) is 0 Å². The molecule has 16 heavy (non-hydrogen) atoms. The topological polar surface area (TPSA) is 46.0 Å². The van der Waals surface area contributed by atoms with E-state index in [9.17, 15) is 5.11 Å². The number of aryl methyl sites for hydroxylation is 2. The Hall–Kier alpha value is -1.26. The zero-order chi connectivity index (χ0) is 11.5. The molecule has 1 N–H and O–H groups in total. The zero-order valence-electron chi connectivity index (χ0n) is 9.34. The summed E-state index contributed by atoms with van der Waals surface area (Å²) in [7, 11) is 0. The maximum atomic E-state index is 10.3. The minimum atomic E-state index is -0.588. The van der Waals surface area contributed by atoms with Crippen LogP contribution in [0.2, 0.25) is 0 Å². The zero-order valence-corrected chi connectivity index (χ0v) is 10.2. The van der Waals surface area contributed by atoms with E-state index in [1.165, 1.54) is 0 Å². The summed E-state index contributed by atoms with van der Waals surface area (Å²) in [4.78, 5) is 0.